The molecule has 0 aromatic rings. The van der Waals surface area contributed by atoms with E-state index in [9.17, 15) is 5.11 Å². The van der Waals surface area contributed by atoms with E-state index in [1.165, 1.54) is 7.11 Å². The molecule has 2 N–H and O–H groups in total. The molecule has 2 aliphatic rings. The molecule has 0 aromatic heterocycles. The van der Waals surface area contributed by atoms with Gasteiger partial charge in [0.2, 0.25) is 0 Å². The number of methoxy groups -OCH3 is 1. The summed E-state index contributed by atoms with van der Waals surface area (Å²) in [5, 5.41) is 17.9. The lowest BCUT2D eigenvalue weighted by molar-refractivity contribution is -0.184. The molecule has 2 aliphatic heterocycles. The molecule has 0 amide bonds. The smallest absolute Gasteiger partial charge is 0.186 e. The Morgan fingerprint density at radius 1 is 1.42 bits per heavy atom. The van der Waals surface area contributed by atoms with Gasteiger partial charge in [-0.3, -0.25) is 0 Å². The van der Waals surface area contributed by atoms with Crippen LogP contribution in [0.3, 0.4) is 0 Å². The van der Waals surface area contributed by atoms with Gasteiger partial charge in [0.15, 0.2) is 6.29 Å². The SMILES string of the molecule is CO[C@@H]1O[C@H]([C@H](O)CO)[C@@H]2O[C@H]12. The highest BCUT2D eigenvalue weighted by Gasteiger charge is 2.60. The average Bonchev–Trinajstić information content (AvgIpc) is 2.80. The van der Waals surface area contributed by atoms with Crippen LogP contribution in [0.2, 0.25) is 0 Å². The molecule has 5 atom stereocenters. The van der Waals surface area contributed by atoms with Gasteiger partial charge in [-0.05, 0) is 0 Å². The fraction of sp³-hybridized carbons (Fsp3) is 1.00. The van der Waals surface area contributed by atoms with Gasteiger partial charge < -0.3 is 24.4 Å². The normalized spacial score (nSPS) is 47.2. The summed E-state index contributed by atoms with van der Waals surface area (Å²) >= 11 is 0. The molecule has 0 radical (unpaired) electrons. The molecule has 5 heteroatoms. The van der Waals surface area contributed by atoms with E-state index < -0.39 is 12.2 Å². The summed E-state index contributed by atoms with van der Waals surface area (Å²) in [4.78, 5) is 0. The zero-order chi connectivity index (χ0) is 8.72. The van der Waals surface area contributed by atoms with E-state index in [-0.39, 0.29) is 25.1 Å². The van der Waals surface area contributed by atoms with Gasteiger partial charge in [0, 0.05) is 7.11 Å². The van der Waals surface area contributed by atoms with E-state index in [0.29, 0.717) is 0 Å². The Morgan fingerprint density at radius 2 is 2.17 bits per heavy atom. The summed E-state index contributed by atoms with van der Waals surface area (Å²) in [6.45, 7) is -0.312. The van der Waals surface area contributed by atoms with Gasteiger partial charge >= 0.3 is 0 Å². The van der Waals surface area contributed by atoms with Gasteiger partial charge in [0.1, 0.15) is 24.4 Å². The fourth-order valence-corrected chi connectivity index (χ4v) is 1.53. The van der Waals surface area contributed by atoms with Crippen molar-refractivity contribution in [1.82, 2.24) is 0 Å². The molecule has 5 nitrogen and oxygen atoms in total. The summed E-state index contributed by atoms with van der Waals surface area (Å²) in [5.74, 6) is 0. The minimum Gasteiger partial charge on any atom is -0.394 e. The Morgan fingerprint density at radius 3 is 2.67 bits per heavy atom. The van der Waals surface area contributed by atoms with E-state index in [1.54, 1.807) is 0 Å². The number of aliphatic hydroxyl groups is 2. The van der Waals surface area contributed by atoms with Crippen molar-refractivity contribution < 1.29 is 24.4 Å². The van der Waals surface area contributed by atoms with E-state index >= 15 is 0 Å². The minimum absolute atomic E-state index is 0.0544. The second kappa shape index (κ2) is 2.93. The summed E-state index contributed by atoms with van der Waals surface area (Å²) in [6.07, 6.45) is -1.86. The standard InChI is InChI=1S/C7H12O5/c1-10-7-6-5(11-6)4(12-7)3(9)2-8/h3-9H,2H2,1H3/t3-,4-,5+,6+,7-/m1/s1. The maximum Gasteiger partial charge on any atom is 0.186 e. The number of aliphatic hydroxyl groups excluding tert-OH is 2. The maximum absolute atomic E-state index is 9.26. The van der Waals surface area contributed by atoms with Crippen LogP contribution in [0, 0.1) is 0 Å². The third-order valence-corrected chi connectivity index (χ3v) is 2.24. The highest BCUT2D eigenvalue weighted by atomic mass is 16.8. The molecular weight excluding hydrogens is 164 g/mol. The predicted octanol–water partition coefficient (Wildman–Crippen LogP) is -1.52. The number of ether oxygens (including phenoxy) is 3. The van der Waals surface area contributed by atoms with Crippen LogP contribution in [0.15, 0.2) is 0 Å². The summed E-state index contributed by atoms with van der Waals surface area (Å²) in [7, 11) is 1.52. The van der Waals surface area contributed by atoms with Gasteiger partial charge in [0.25, 0.3) is 0 Å². The Hall–Kier alpha value is -0.200. The molecule has 0 aliphatic carbocycles. The Bertz CT molecular complexity index is 173. The fourth-order valence-electron chi connectivity index (χ4n) is 1.53. The Kier molecular flexibility index (Phi) is 2.05. The minimum atomic E-state index is -0.875. The first-order valence-electron chi connectivity index (χ1n) is 3.90. The first-order valence-corrected chi connectivity index (χ1v) is 3.90. The Labute approximate surface area is 69.8 Å². The highest BCUT2D eigenvalue weighted by molar-refractivity contribution is 5.02. The molecule has 2 heterocycles. The Balaban J connectivity index is 1.94. The number of hydrogen-bond acceptors (Lipinski definition) is 5. The molecule has 0 bridgehead atoms. The van der Waals surface area contributed by atoms with Crippen molar-refractivity contribution in [1.29, 1.82) is 0 Å². The van der Waals surface area contributed by atoms with Crippen molar-refractivity contribution >= 4 is 0 Å². The number of hydrogen-bond donors (Lipinski definition) is 2. The van der Waals surface area contributed by atoms with Crippen LogP contribution < -0.4 is 0 Å². The van der Waals surface area contributed by atoms with Crippen molar-refractivity contribution in [2.75, 3.05) is 13.7 Å². The lowest BCUT2D eigenvalue weighted by atomic mass is 10.1. The van der Waals surface area contributed by atoms with Gasteiger partial charge in [-0.15, -0.1) is 0 Å². The van der Waals surface area contributed by atoms with Crippen LogP contribution in [-0.2, 0) is 14.2 Å². The summed E-state index contributed by atoms with van der Waals surface area (Å²) in [5.41, 5.74) is 0. The van der Waals surface area contributed by atoms with Gasteiger partial charge in [0.05, 0.1) is 6.61 Å². The van der Waals surface area contributed by atoms with Crippen molar-refractivity contribution in [3.8, 4) is 0 Å². The lowest BCUT2D eigenvalue weighted by Crippen LogP contribution is -2.35. The zero-order valence-corrected chi connectivity index (χ0v) is 6.71. The summed E-state index contributed by atoms with van der Waals surface area (Å²) < 4.78 is 15.4. The largest absolute Gasteiger partial charge is 0.394 e. The van der Waals surface area contributed by atoms with Crippen LogP contribution in [0.1, 0.15) is 0 Å². The van der Waals surface area contributed by atoms with E-state index in [0.717, 1.165) is 0 Å². The van der Waals surface area contributed by atoms with Crippen molar-refractivity contribution in [3.63, 3.8) is 0 Å². The van der Waals surface area contributed by atoms with Crippen molar-refractivity contribution in [3.05, 3.63) is 0 Å². The molecule has 0 unspecified atom stereocenters. The number of epoxide rings is 1. The average molecular weight is 176 g/mol. The van der Waals surface area contributed by atoms with E-state index in [4.69, 9.17) is 19.3 Å². The summed E-state index contributed by atoms with van der Waals surface area (Å²) in [6, 6.07) is 0. The maximum atomic E-state index is 9.26. The van der Waals surface area contributed by atoms with E-state index in [2.05, 4.69) is 0 Å². The third kappa shape index (κ3) is 1.14. The van der Waals surface area contributed by atoms with Crippen molar-refractivity contribution in [2.45, 2.75) is 30.7 Å². The molecule has 2 rings (SSSR count). The van der Waals surface area contributed by atoms with Crippen LogP contribution >= 0.6 is 0 Å². The molecular formula is C7H12O5. The second-order valence-electron chi connectivity index (χ2n) is 3.02. The first kappa shape index (κ1) is 8.40. The molecule has 2 saturated heterocycles. The predicted molar refractivity (Wildman–Crippen MR) is 37.4 cm³/mol. The quantitative estimate of drug-likeness (QED) is 0.511. The number of rotatable bonds is 3. The monoisotopic (exact) mass is 176 g/mol. The van der Waals surface area contributed by atoms with Crippen LogP contribution in [0.5, 0.6) is 0 Å². The molecule has 0 spiro atoms. The topological polar surface area (TPSA) is 71.5 Å². The molecule has 0 aromatic carbocycles. The lowest BCUT2D eigenvalue weighted by Gasteiger charge is -2.19. The van der Waals surface area contributed by atoms with Crippen LogP contribution in [0.4, 0.5) is 0 Å². The van der Waals surface area contributed by atoms with E-state index in [1.807, 2.05) is 0 Å². The molecule has 0 saturated carbocycles. The first-order chi connectivity index (χ1) is 5.77. The second-order valence-corrected chi connectivity index (χ2v) is 3.02. The number of fused-ring (bicyclic) bond motifs is 1. The third-order valence-electron chi connectivity index (χ3n) is 2.24. The molecule has 70 valence electrons. The van der Waals surface area contributed by atoms with Crippen LogP contribution in [0.25, 0.3) is 0 Å². The highest BCUT2D eigenvalue weighted by Crippen LogP contribution is 2.40. The van der Waals surface area contributed by atoms with Crippen molar-refractivity contribution in [2.24, 2.45) is 0 Å². The van der Waals surface area contributed by atoms with Gasteiger partial charge in [-0.2, -0.15) is 0 Å². The molecule has 12 heavy (non-hydrogen) atoms. The van der Waals surface area contributed by atoms with Crippen LogP contribution in [-0.4, -0.2) is 54.6 Å². The zero-order valence-electron chi connectivity index (χ0n) is 6.71. The van der Waals surface area contributed by atoms with Gasteiger partial charge in [-0.1, -0.05) is 0 Å². The molecule has 2 fully saturated rings. The van der Waals surface area contributed by atoms with Gasteiger partial charge in [-0.25, -0.2) is 0 Å².